The van der Waals surface area contributed by atoms with E-state index in [-0.39, 0.29) is 5.57 Å². The van der Waals surface area contributed by atoms with E-state index in [9.17, 15) is 10.1 Å². The van der Waals surface area contributed by atoms with Gasteiger partial charge in [-0.15, -0.1) is 0 Å². The van der Waals surface area contributed by atoms with Crippen molar-refractivity contribution < 1.29 is 14.3 Å². The van der Waals surface area contributed by atoms with Crippen LogP contribution in [0.4, 0.5) is 5.69 Å². The number of halogens is 1. The summed E-state index contributed by atoms with van der Waals surface area (Å²) in [4.78, 5) is 12.4. The molecule has 0 aliphatic heterocycles. The zero-order valence-corrected chi connectivity index (χ0v) is 14.6. The predicted octanol–water partition coefficient (Wildman–Crippen LogP) is 4.29. The first-order valence-corrected chi connectivity index (χ1v) is 7.95. The van der Waals surface area contributed by atoms with E-state index in [1.807, 2.05) is 13.0 Å². The third kappa shape index (κ3) is 4.75. The molecule has 1 N–H and O–H groups in total. The van der Waals surface area contributed by atoms with Gasteiger partial charge < -0.3 is 14.8 Å². The van der Waals surface area contributed by atoms with Crippen LogP contribution in [0.3, 0.4) is 0 Å². The van der Waals surface area contributed by atoms with Gasteiger partial charge in [0.2, 0.25) is 0 Å². The molecule has 2 aromatic carbocycles. The Morgan fingerprint density at radius 2 is 2.04 bits per heavy atom. The summed E-state index contributed by atoms with van der Waals surface area (Å²) in [6.45, 7) is 2.36. The standard InChI is InChI=1S/C19H17ClN2O3/c1-3-25-17-9-8-13(11-15(17)20)10-14(12-21)19(23)22-16-6-4-5-7-18(16)24-2/h4-11H,3H2,1-2H3,(H,22,23)/b14-10+. The number of amides is 1. The lowest BCUT2D eigenvalue weighted by Gasteiger charge is -2.09. The van der Waals surface area contributed by atoms with Gasteiger partial charge in [0.1, 0.15) is 23.1 Å². The summed E-state index contributed by atoms with van der Waals surface area (Å²) in [6.07, 6.45) is 1.46. The molecule has 0 saturated heterocycles. The van der Waals surface area contributed by atoms with Crippen LogP contribution in [0, 0.1) is 11.3 Å². The van der Waals surface area contributed by atoms with E-state index in [2.05, 4.69) is 5.32 Å². The Morgan fingerprint density at radius 1 is 1.28 bits per heavy atom. The maximum atomic E-state index is 12.4. The topological polar surface area (TPSA) is 71.3 Å². The molecule has 0 aromatic heterocycles. The smallest absolute Gasteiger partial charge is 0.266 e. The van der Waals surface area contributed by atoms with Gasteiger partial charge in [0, 0.05) is 0 Å². The maximum Gasteiger partial charge on any atom is 0.266 e. The number of nitrogens with zero attached hydrogens (tertiary/aromatic N) is 1. The average Bonchev–Trinajstić information content (AvgIpc) is 2.62. The van der Waals surface area contributed by atoms with Crippen molar-refractivity contribution in [3.8, 4) is 17.6 Å². The monoisotopic (exact) mass is 356 g/mol. The van der Waals surface area contributed by atoms with Crippen molar-refractivity contribution in [3.05, 3.63) is 58.6 Å². The Bertz CT molecular complexity index is 841. The van der Waals surface area contributed by atoms with Gasteiger partial charge in [0.05, 0.1) is 24.4 Å². The summed E-state index contributed by atoms with van der Waals surface area (Å²) in [6, 6.07) is 13.9. The Hall–Kier alpha value is -2.97. The largest absolute Gasteiger partial charge is 0.495 e. The molecule has 0 atom stereocenters. The van der Waals surface area contributed by atoms with Crippen molar-refractivity contribution in [2.24, 2.45) is 0 Å². The molecule has 2 aromatic rings. The van der Waals surface area contributed by atoms with Crippen molar-refractivity contribution in [3.63, 3.8) is 0 Å². The number of hydrogen-bond donors (Lipinski definition) is 1. The summed E-state index contributed by atoms with van der Waals surface area (Å²) in [7, 11) is 1.51. The highest BCUT2D eigenvalue weighted by Gasteiger charge is 2.12. The van der Waals surface area contributed by atoms with E-state index >= 15 is 0 Å². The van der Waals surface area contributed by atoms with E-state index in [0.717, 1.165) is 0 Å². The normalized spacial score (nSPS) is 10.7. The van der Waals surface area contributed by atoms with E-state index in [1.165, 1.54) is 13.2 Å². The van der Waals surface area contributed by atoms with Gasteiger partial charge in [-0.05, 0) is 42.8 Å². The molecule has 0 aliphatic rings. The average molecular weight is 357 g/mol. The van der Waals surface area contributed by atoms with Gasteiger partial charge in [0.25, 0.3) is 5.91 Å². The van der Waals surface area contributed by atoms with Crippen molar-refractivity contribution in [1.29, 1.82) is 5.26 Å². The first kappa shape index (κ1) is 18.4. The summed E-state index contributed by atoms with van der Waals surface area (Å²) in [5.74, 6) is 0.535. The quantitative estimate of drug-likeness (QED) is 0.619. The Balaban J connectivity index is 2.24. The zero-order chi connectivity index (χ0) is 18.2. The molecule has 0 unspecified atom stereocenters. The van der Waals surface area contributed by atoms with Crippen LogP contribution in [-0.2, 0) is 4.79 Å². The number of benzene rings is 2. The highest BCUT2D eigenvalue weighted by atomic mass is 35.5. The summed E-state index contributed by atoms with van der Waals surface area (Å²) < 4.78 is 10.5. The Kier molecular flexibility index (Phi) is 6.44. The van der Waals surface area contributed by atoms with E-state index < -0.39 is 5.91 Å². The number of methoxy groups -OCH3 is 1. The van der Waals surface area contributed by atoms with E-state index in [0.29, 0.717) is 34.4 Å². The molecule has 5 nitrogen and oxygen atoms in total. The van der Waals surface area contributed by atoms with Gasteiger partial charge in [-0.25, -0.2) is 0 Å². The minimum atomic E-state index is -0.531. The van der Waals surface area contributed by atoms with Gasteiger partial charge in [-0.3, -0.25) is 4.79 Å². The highest BCUT2D eigenvalue weighted by molar-refractivity contribution is 6.32. The van der Waals surface area contributed by atoms with Gasteiger partial charge >= 0.3 is 0 Å². The molecule has 0 saturated carbocycles. The molecule has 0 fully saturated rings. The van der Waals surface area contributed by atoms with Crippen LogP contribution >= 0.6 is 11.6 Å². The summed E-state index contributed by atoms with van der Waals surface area (Å²) >= 11 is 6.13. The summed E-state index contributed by atoms with van der Waals surface area (Å²) in [5, 5.41) is 12.4. The number of rotatable bonds is 6. The Morgan fingerprint density at radius 3 is 2.68 bits per heavy atom. The van der Waals surface area contributed by atoms with E-state index in [1.54, 1.807) is 42.5 Å². The SMILES string of the molecule is CCOc1ccc(/C=C(\C#N)C(=O)Nc2ccccc2OC)cc1Cl. The molecule has 1 amide bonds. The Labute approximate surface area is 151 Å². The number of nitriles is 1. The number of carbonyl (C=O) groups is 1. The number of hydrogen-bond acceptors (Lipinski definition) is 4. The maximum absolute atomic E-state index is 12.4. The minimum Gasteiger partial charge on any atom is -0.495 e. The first-order chi connectivity index (χ1) is 12.1. The van der Waals surface area contributed by atoms with Crippen LogP contribution in [0.5, 0.6) is 11.5 Å². The molecule has 6 heteroatoms. The van der Waals surface area contributed by atoms with Crippen LogP contribution in [0.1, 0.15) is 12.5 Å². The first-order valence-electron chi connectivity index (χ1n) is 7.57. The fraction of sp³-hybridized carbons (Fsp3) is 0.158. The van der Waals surface area contributed by atoms with Crippen molar-refractivity contribution in [2.75, 3.05) is 19.0 Å². The second kappa shape index (κ2) is 8.76. The minimum absolute atomic E-state index is 0.0499. The summed E-state index contributed by atoms with van der Waals surface area (Å²) in [5.41, 5.74) is 1.06. The molecular formula is C19H17ClN2O3. The number of nitrogens with one attached hydrogen (secondary N) is 1. The van der Waals surface area contributed by atoms with Crippen LogP contribution in [0.2, 0.25) is 5.02 Å². The zero-order valence-electron chi connectivity index (χ0n) is 13.9. The predicted molar refractivity (Wildman–Crippen MR) is 97.8 cm³/mol. The number of carbonyl (C=O) groups excluding carboxylic acids is 1. The van der Waals surface area contributed by atoms with Crippen LogP contribution in [-0.4, -0.2) is 19.6 Å². The second-order valence-electron chi connectivity index (χ2n) is 4.95. The van der Waals surface area contributed by atoms with Crippen LogP contribution in [0.15, 0.2) is 48.0 Å². The lowest BCUT2D eigenvalue weighted by atomic mass is 10.1. The molecule has 0 bridgehead atoms. The second-order valence-corrected chi connectivity index (χ2v) is 5.35. The molecule has 25 heavy (non-hydrogen) atoms. The van der Waals surface area contributed by atoms with Crippen LogP contribution < -0.4 is 14.8 Å². The fourth-order valence-electron chi connectivity index (χ4n) is 2.13. The molecule has 0 heterocycles. The van der Waals surface area contributed by atoms with E-state index in [4.69, 9.17) is 21.1 Å². The van der Waals surface area contributed by atoms with Crippen molar-refractivity contribution in [1.82, 2.24) is 0 Å². The third-order valence-corrected chi connectivity index (χ3v) is 3.58. The third-order valence-electron chi connectivity index (χ3n) is 3.29. The number of ether oxygens (including phenoxy) is 2. The molecule has 0 spiro atoms. The van der Waals surface area contributed by atoms with Gasteiger partial charge in [-0.2, -0.15) is 5.26 Å². The molecule has 0 radical (unpaired) electrons. The van der Waals surface area contributed by atoms with Crippen LogP contribution in [0.25, 0.3) is 6.08 Å². The highest BCUT2D eigenvalue weighted by Crippen LogP contribution is 2.27. The lowest BCUT2D eigenvalue weighted by molar-refractivity contribution is -0.112. The molecule has 0 aliphatic carbocycles. The lowest BCUT2D eigenvalue weighted by Crippen LogP contribution is -2.14. The van der Waals surface area contributed by atoms with Gasteiger partial charge in [-0.1, -0.05) is 29.8 Å². The molecular weight excluding hydrogens is 340 g/mol. The van der Waals surface area contributed by atoms with Gasteiger partial charge in [0.15, 0.2) is 0 Å². The molecule has 128 valence electrons. The van der Waals surface area contributed by atoms with Crippen molar-refractivity contribution >= 4 is 29.3 Å². The number of anilines is 1. The fourth-order valence-corrected chi connectivity index (χ4v) is 2.38. The number of para-hydroxylation sites is 2. The van der Waals surface area contributed by atoms with Crippen molar-refractivity contribution in [2.45, 2.75) is 6.92 Å². The molecule has 2 rings (SSSR count).